The molecule has 1 aromatic carbocycles. The molecule has 0 spiro atoms. The van der Waals surface area contributed by atoms with Crippen LogP contribution in [0.4, 0.5) is 5.69 Å². The van der Waals surface area contributed by atoms with Crippen molar-refractivity contribution in [1.29, 1.82) is 0 Å². The predicted molar refractivity (Wildman–Crippen MR) is 85.3 cm³/mol. The molecule has 0 radical (unpaired) electrons. The highest BCUT2D eigenvalue weighted by Gasteiger charge is 2.18. The molecule has 1 aromatic heterocycles. The van der Waals surface area contributed by atoms with Crippen LogP contribution in [-0.4, -0.2) is 9.91 Å². The Balaban J connectivity index is 2.35. The minimum atomic E-state index is -0.495. The topological polar surface area (TPSA) is 65.3 Å². The summed E-state index contributed by atoms with van der Waals surface area (Å²) < 4.78 is 6.44. The van der Waals surface area contributed by atoms with Gasteiger partial charge in [-0.15, -0.1) is 11.6 Å². The molecule has 0 N–H and O–H groups in total. The van der Waals surface area contributed by atoms with Crippen LogP contribution in [0.25, 0.3) is 0 Å². The van der Waals surface area contributed by atoms with E-state index in [4.69, 9.17) is 27.9 Å². The van der Waals surface area contributed by atoms with Crippen molar-refractivity contribution in [3.8, 4) is 10.9 Å². The molecule has 1 heterocycles. The second-order valence-corrected chi connectivity index (χ2v) is 6.81. The molecule has 20 heavy (non-hydrogen) atoms. The average Bonchev–Trinajstić information content (AvgIpc) is 2.73. The molecule has 2 aromatic rings. The quantitative estimate of drug-likeness (QED) is 0.329. The minimum Gasteiger partial charge on any atom is -0.428 e. The molecule has 0 aliphatic heterocycles. The monoisotopic (exact) mass is 460 g/mol. The zero-order chi connectivity index (χ0) is 14.9. The number of hydrogen-bond donors (Lipinski definition) is 0. The first kappa shape index (κ1) is 16.0. The van der Waals surface area contributed by atoms with Crippen LogP contribution in [0.3, 0.4) is 0 Å². The van der Waals surface area contributed by atoms with Crippen LogP contribution >= 0.6 is 66.4 Å². The molecule has 0 aliphatic rings. The van der Waals surface area contributed by atoms with Crippen LogP contribution in [0.1, 0.15) is 4.88 Å². The zero-order valence-electron chi connectivity index (χ0n) is 9.40. The van der Waals surface area contributed by atoms with E-state index < -0.39 is 4.92 Å². The lowest BCUT2D eigenvalue weighted by Gasteiger charge is -2.06. The summed E-state index contributed by atoms with van der Waals surface area (Å²) in [7, 11) is 0. The number of alkyl halides is 1. The summed E-state index contributed by atoms with van der Waals surface area (Å²) in [5, 5.41) is 11.3. The number of ether oxygens (including phenoxy) is 1. The normalized spacial score (nSPS) is 10.6. The van der Waals surface area contributed by atoms with Gasteiger partial charge in [0.05, 0.1) is 24.6 Å². The standard InChI is InChI=1S/C10H4Br2Cl2N2O3S/c11-5-1-4(16(17)18)2-6(12)8(5)19-10-15-9(14)7(3-13)20-10/h1-2H,3H2. The Morgan fingerprint density at radius 1 is 1.40 bits per heavy atom. The number of benzene rings is 1. The summed E-state index contributed by atoms with van der Waals surface area (Å²) in [6.45, 7) is 0. The number of halogens is 4. The van der Waals surface area contributed by atoms with Crippen LogP contribution in [-0.2, 0) is 5.88 Å². The van der Waals surface area contributed by atoms with Crippen LogP contribution in [0.15, 0.2) is 21.1 Å². The second kappa shape index (κ2) is 6.57. The van der Waals surface area contributed by atoms with Crippen LogP contribution in [0, 0.1) is 10.1 Å². The minimum absolute atomic E-state index is 0.0604. The van der Waals surface area contributed by atoms with E-state index in [0.717, 1.165) is 0 Å². The molecule has 0 unspecified atom stereocenters. The van der Waals surface area contributed by atoms with E-state index >= 15 is 0 Å². The van der Waals surface area contributed by atoms with Crippen LogP contribution < -0.4 is 4.74 Å². The lowest BCUT2D eigenvalue weighted by atomic mass is 10.3. The maximum atomic E-state index is 10.7. The van der Waals surface area contributed by atoms with Gasteiger partial charge in [-0.1, -0.05) is 22.9 Å². The number of thiazole rings is 1. The van der Waals surface area contributed by atoms with Crippen molar-refractivity contribution in [3.63, 3.8) is 0 Å². The Labute approximate surface area is 144 Å². The summed E-state index contributed by atoms with van der Waals surface area (Å²) >= 11 is 19.2. The first-order valence-electron chi connectivity index (χ1n) is 4.94. The third-order valence-corrected chi connectivity index (χ3v) is 5.10. The van der Waals surface area contributed by atoms with Crippen molar-refractivity contribution in [2.45, 2.75) is 5.88 Å². The van der Waals surface area contributed by atoms with Gasteiger partial charge in [0, 0.05) is 12.1 Å². The van der Waals surface area contributed by atoms with Crippen molar-refractivity contribution in [2.75, 3.05) is 0 Å². The number of nitro groups is 1. The van der Waals surface area contributed by atoms with Crippen molar-refractivity contribution in [3.05, 3.63) is 41.2 Å². The van der Waals surface area contributed by atoms with Gasteiger partial charge in [-0.2, -0.15) is 4.98 Å². The van der Waals surface area contributed by atoms with Gasteiger partial charge in [0.1, 0.15) is 5.15 Å². The van der Waals surface area contributed by atoms with Gasteiger partial charge in [-0.3, -0.25) is 10.1 Å². The Hall–Kier alpha value is -0.410. The third-order valence-electron chi connectivity index (χ3n) is 2.13. The van der Waals surface area contributed by atoms with E-state index in [1.165, 1.54) is 23.5 Å². The molecule has 0 fully saturated rings. The van der Waals surface area contributed by atoms with E-state index in [1.807, 2.05) is 0 Å². The van der Waals surface area contributed by atoms with Crippen LogP contribution in [0.2, 0.25) is 5.15 Å². The Kier molecular flexibility index (Phi) is 5.25. The van der Waals surface area contributed by atoms with Gasteiger partial charge >= 0.3 is 0 Å². The van der Waals surface area contributed by atoms with E-state index in [-0.39, 0.29) is 16.7 Å². The Morgan fingerprint density at radius 2 is 2.00 bits per heavy atom. The fourth-order valence-corrected chi connectivity index (χ4v) is 3.92. The first-order chi connectivity index (χ1) is 9.42. The number of nitrogens with zero attached hydrogens (tertiary/aromatic N) is 2. The van der Waals surface area contributed by atoms with Crippen molar-refractivity contribution < 1.29 is 9.66 Å². The smallest absolute Gasteiger partial charge is 0.280 e. The molecular formula is C10H4Br2Cl2N2O3S. The second-order valence-electron chi connectivity index (χ2n) is 3.43. The van der Waals surface area contributed by atoms with E-state index in [0.29, 0.717) is 24.8 Å². The predicted octanol–water partition coefficient (Wildman–Crippen LogP) is 5.76. The van der Waals surface area contributed by atoms with Crippen LogP contribution in [0.5, 0.6) is 10.9 Å². The van der Waals surface area contributed by atoms with Gasteiger partial charge in [0.25, 0.3) is 10.9 Å². The lowest BCUT2D eigenvalue weighted by Crippen LogP contribution is -1.91. The van der Waals surface area contributed by atoms with E-state index in [1.54, 1.807) is 0 Å². The molecule has 0 aliphatic carbocycles. The largest absolute Gasteiger partial charge is 0.428 e. The SMILES string of the molecule is O=[N+]([O-])c1cc(Br)c(Oc2nc(Cl)c(CCl)s2)c(Br)c1. The molecule has 106 valence electrons. The highest BCUT2D eigenvalue weighted by atomic mass is 79.9. The molecule has 5 nitrogen and oxygen atoms in total. The molecule has 0 saturated heterocycles. The van der Waals surface area contributed by atoms with Gasteiger partial charge in [-0.25, -0.2) is 0 Å². The van der Waals surface area contributed by atoms with Crippen molar-refractivity contribution >= 4 is 72.1 Å². The van der Waals surface area contributed by atoms with Gasteiger partial charge < -0.3 is 4.74 Å². The number of nitro benzene ring substituents is 1. The van der Waals surface area contributed by atoms with Crippen molar-refractivity contribution in [1.82, 2.24) is 4.98 Å². The molecule has 2 rings (SSSR count). The fraction of sp³-hybridized carbons (Fsp3) is 0.100. The van der Waals surface area contributed by atoms with Gasteiger partial charge in [0.15, 0.2) is 5.75 Å². The Bertz CT molecular complexity index is 658. The molecule has 10 heteroatoms. The summed E-state index contributed by atoms with van der Waals surface area (Å²) in [5.74, 6) is 0.616. The molecular weight excluding hydrogens is 459 g/mol. The fourth-order valence-electron chi connectivity index (χ4n) is 1.28. The summed E-state index contributed by atoms with van der Waals surface area (Å²) in [4.78, 5) is 15.0. The van der Waals surface area contributed by atoms with Crippen molar-refractivity contribution in [2.24, 2.45) is 0 Å². The summed E-state index contributed by atoms with van der Waals surface area (Å²) in [6.07, 6.45) is 0. The number of hydrogen-bond acceptors (Lipinski definition) is 5. The highest BCUT2D eigenvalue weighted by molar-refractivity contribution is 9.11. The summed E-state index contributed by atoms with van der Waals surface area (Å²) in [5.41, 5.74) is -0.0604. The van der Waals surface area contributed by atoms with Gasteiger partial charge in [0.2, 0.25) is 0 Å². The highest BCUT2D eigenvalue weighted by Crippen LogP contribution is 2.41. The van der Waals surface area contributed by atoms with Gasteiger partial charge in [-0.05, 0) is 31.9 Å². The lowest BCUT2D eigenvalue weighted by molar-refractivity contribution is -0.385. The molecule has 0 saturated carbocycles. The first-order valence-corrected chi connectivity index (χ1v) is 8.26. The number of rotatable bonds is 4. The zero-order valence-corrected chi connectivity index (χ0v) is 14.9. The maximum Gasteiger partial charge on any atom is 0.280 e. The third kappa shape index (κ3) is 3.43. The summed E-state index contributed by atoms with van der Waals surface area (Å²) in [6, 6.07) is 2.69. The Morgan fingerprint density at radius 3 is 2.45 bits per heavy atom. The molecule has 0 amide bonds. The maximum absolute atomic E-state index is 10.7. The van der Waals surface area contributed by atoms with E-state index in [9.17, 15) is 10.1 Å². The molecule has 0 bridgehead atoms. The van der Waals surface area contributed by atoms with E-state index in [2.05, 4.69) is 36.8 Å². The number of aromatic nitrogens is 1. The average molecular weight is 463 g/mol. The number of non-ortho nitro benzene ring substituents is 1. The molecule has 0 atom stereocenters.